The lowest BCUT2D eigenvalue weighted by Gasteiger charge is -2.18. The Morgan fingerprint density at radius 1 is 1.11 bits per heavy atom. The molecule has 7 heteroatoms. The highest BCUT2D eigenvalue weighted by atomic mass is 127. The van der Waals surface area contributed by atoms with Crippen molar-refractivity contribution in [3.63, 3.8) is 0 Å². The number of anilines is 1. The number of benzene rings is 2. The first-order chi connectivity index (χ1) is 12.6. The van der Waals surface area contributed by atoms with Gasteiger partial charge in [-0.15, -0.1) is 24.0 Å². The molecule has 0 spiro atoms. The van der Waals surface area contributed by atoms with Crippen LogP contribution in [0.2, 0.25) is 0 Å². The second kappa shape index (κ2) is 12.2. The summed E-state index contributed by atoms with van der Waals surface area (Å²) in [5.74, 6) is 1.25. The van der Waals surface area contributed by atoms with Gasteiger partial charge in [0, 0.05) is 12.7 Å². The Hall–Kier alpha value is -2.29. The van der Waals surface area contributed by atoms with Crippen LogP contribution in [-0.2, 0) is 4.79 Å². The van der Waals surface area contributed by atoms with Crippen molar-refractivity contribution in [2.24, 2.45) is 4.99 Å². The molecule has 1 atom stereocenters. The third-order valence-electron chi connectivity index (χ3n) is 3.58. The molecule has 0 aliphatic rings. The molecule has 0 fully saturated rings. The molecule has 2 aromatic carbocycles. The van der Waals surface area contributed by atoms with Gasteiger partial charge in [0.05, 0.1) is 13.1 Å². The zero-order chi connectivity index (χ0) is 18.8. The van der Waals surface area contributed by atoms with E-state index < -0.39 is 0 Å². The number of guanidine groups is 1. The van der Waals surface area contributed by atoms with Gasteiger partial charge in [0.2, 0.25) is 5.91 Å². The summed E-state index contributed by atoms with van der Waals surface area (Å²) >= 11 is 0. The van der Waals surface area contributed by atoms with Crippen LogP contribution >= 0.6 is 24.0 Å². The molecular formula is C20H27IN4O2. The maximum Gasteiger partial charge on any atom is 0.243 e. The van der Waals surface area contributed by atoms with Gasteiger partial charge in [0.1, 0.15) is 11.9 Å². The number of rotatable bonds is 7. The van der Waals surface area contributed by atoms with Crippen molar-refractivity contribution < 1.29 is 9.53 Å². The fourth-order valence-corrected chi connectivity index (χ4v) is 2.31. The van der Waals surface area contributed by atoms with Crippen molar-refractivity contribution in [1.82, 2.24) is 10.6 Å². The number of ether oxygens (including phenoxy) is 1. The summed E-state index contributed by atoms with van der Waals surface area (Å²) in [7, 11) is 1.66. The van der Waals surface area contributed by atoms with Gasteiger partial charge in [-0.05, 0) is 43.7 Å². The molecule has 0 bridgehead atoms. The lowest BCUT2D eigenvalue weighted by molar-refractivity contribution is -0.115. The van der Waals surface area contributed by atoms with E-state index in [4.69, 9.17) is 4.74 Å². The van der Waals surface area contributed by atoms with E-state index in [1.807, 2.05) is 68.4 Å². The highest BCUT2D eigenvalue weighted by Crippen LogP contribution is 2.13. The number of para-hydroxylation sites is 1. The van der Waals surface area contributed by atoms with Crippen molar-refractivity contribution in [2.75, 3.05) is 25.5 Å². The number of nitrogens with one attached hydrogen (secondary N) is 3. The molecular weight excluding hydrogens is 455 g/mol. The van der Waals surface area contributed by atoms with Crippen LogP contribution in [0.4, 0.5) is 5.69 Å². The van der Waals surface area contributed by atoms with Crippen LogP contribution in [0.25, 0.3) is 0 Å². The monoisotopic (exact) mass is 482 g/mol. The van der Waals surface area contributed by atoms with Crippen molar-refractivity contribution in [1.29, 1.82) is 0 Å². The number of hydrogen-bond donors (Lipinski definition) is 3. The number of nitrogens with zero attached hydrogens (tertiary/aromatic N) is 1. The molecule has 0 radical (unpaired) electrons. The van der Waals surface area contributed by atoms with Crippen LogP contribution in [0.1, 0.15) is 12.5 Å². The number of carbonyl (C=O) groups is 1. The smallest absolute Gasteiger partial charge is 0.243 e. The second-order valence-corrected chi connectivity index (χ2v) is 5.97. The van der Waals surface area contributed by atoms with Crippen LogP contribution in [-0.4, -0.2) is 38.1 Å². The van der Waals surface area contributed by atoms with E-state index in [0.29, 0.717) is 12.5 Å². The molecule has 0 aromatic heterocycles. The van der Waals surface area contributed by atoms with Crippen LogP contribution in [0.3, 0.4) is 0 Å². The topological polar surface area (TPSA) is 74.8 Å². The van der Waals surface area contributed by atoms with Gasteiger partial charge >= 0.3 is 0 Å². The third-order valence-corrected chi connectivity index (χ3v) is 3.58. The zero-order valence-corrected chi connectivity index (χ0v) is 18.2. The number of aryl methyl sites for hydroxylation is 1. The summed E-state index contributed by atoms with van der Waals surface area (Å²) in [6, 6.07) is 17.3. The first-order valence-electron chi connectivity index (χ1n) is 8.59. The number of hydrogen-bond acceptors (Lipinski definition) is 3. The Kier molecular flexibility index (Phi) is 10.2. The molecule has 146 valence electrons. The quantitative estimate of drug-likeness (QED) is 0.322. The standard InChI is InChI=1S/C20H26N4O2.HI/c1-15-8-7-11-18(12-15)26-16(2)13-22-20(21-3)23-14-19(25)24-17-9-5-4-6-10-17;/h4-12,16H,13-14H2,1-3H3,(H,24,25)(H2,21,22,23);1H. The summed E-state index contributed by atoms with van der Waals surface area (Å²) in [4.78, 5) is 16.1. The third kappa shape index (κ3) is 8.76. The van der Waals surface area contributed by atoms with E-state index in [-0.39, 0.29) is 42.5 Å². The normalized spacial score (nSPS) is 11.7. The van der Waals surface area contributed by atoms with E-state index >= 15 is 0 Å². The van der Waals surface area contributed by atoms with Crippen LogP contribution < -0.4 is 20.7 Å². The zero-order valence-electron chi connectivity index (χ0n) is 15.9. The molecule has 0 heterocycles. The molecule has 2 rings (SSSR count). The first kappa shape index (κ1) is 22.8. The predicted octanol–water partition coefficient (Wildman–Crippen LogP) is 3.18. The van der Waals surface area contributed by atoms with Crippen molar-refractivity contribution >= 4 is 41.5 Å². The molecule has 3 N–H and O–H groups in total. The van der Waals surface area contributed by atoms with Crippen LogP contribution in [0.15, 0.2) is 59.6 Å². The van der Waals surface area contributed by atoms with Gasteiger partial charge in [0.15, 0.2) is 5.96 Å². The van der Waals surface area contributed by atoms with Gasteiger partial charge in [0.25, 0.3) is 0 Å². The van der Waals surface area contributed by atoms with Gasteiger partial charge in [-0.1, -0.05) is 30.3 Å². The highest BCUT2D eigenvalue weighted by Gasteiger charge is 2.07. The molecule has 1 amide bonds. The minimum atomic E-state index is -0.136. The Labute approximate surface area is 177 Å². The summed E-state index contributed by atoms with van der Waals surface area (Å²) in [6.07, 6.45) is -0.0477. The van der Waals surface area contributed by atoms with E-state index in [2.05, 4.69) is 20.9 Å². The SMILES string of the molecule is CN=C(NCC(=O)Nc1ccccc1)NCC(C)Oc1cccc(C)c1.I. The summed E-state index contributed by atoms with van der Waals surface area (Å²) < 4.78 is 5.87. The Balaban J connectivity index is 0.00000364. The molecule has 0 saturated heterocycles. The number of aliphatic imine (C=N–C) groups is 1. The Morgan fingerprint density at radius 3 is 2.52 bits per heavy atom. The Bertz CT molecular complexity index is 738. The van der Waals surface area contributed by atoms with Gasteiger partial charge in [-0.3, -0.25) is 9.79 Å². The van der Waals surface area contributed by atoms with Crippen LogP contribution in [0.5, 0.6) is 5.75 Å². The molecule has 27 heavy (non-hydrogen) atoms. The summed E-state index contributed by atoms with van der Waals surface area (Å²) in [6.45, 7) is 4.70. The summed E-state index contributed by atoms with van der Waals surface area (Å²) in [5, 5.41) is 8.96. The average Bonchev–Trinajstić information content (AvgIpc) is 2.62. The number of carbonyl (C=O) groups excluding carboxylic acids is 1. The minimum Gasteiger partial charge on any atom is -0.489 e. The van der Waals surface area contributed by atoms with Gasteiger partial charge < -0.3 is 20.7 Å². The van der Waals surface area contributed by atoms with E-state index in [9.17, 15) is 4.79 Å². The van der Waals surface area contributed by atoms with Crippen molar-refractivity contribution in [3.8, 4) is 5.75 Å². The number of halogens is 1. The predicted molar refractivity (Wildman–Crippen MR) is 121 cm³/mol. The summed E-state index contributed by atoms with van der Waals surface area (Å²) in [5.41, 5.74) is 1.92. The second-order valence-electron chi connectivity index (χ2n) is 5.97. The van der Waals surface area contributed by atoms with Crippen LogP contribution in [0, 0.1) is 6.92 Å². The fourth-order valence-electron chi connectivity index (χ4n) is 2.31. The maximum atomic E-state index is 12.0. The largest absolute Gasteiger partial charge is 0.489 e. The van der Waals surface area contributed by atoms with Gasteiger partial charge in [-0.2, -0.15) is 0 Å². The highest BCUT2D eigenvalue weighted by molar-refractivity contribution is 14.0. The molecule has 2 aromatic rings. The van der Waals surface area contributed by atoms with E-state index in [1.165, 1.54) is 0 Å². The van der Waals surface area contributed by atoms with Crippen molar-refractivity contribution in [2.45, 2.75) is 20.0 Å². The lowest BCUT2D eigenvalue weighted by atomic mass is 10.2. The fraction of sp³-hybridized carbons (Fsp3) is 0.300. The van der Waals surface area contributed by atoms with E-state index in [0.717, 1.165) is 17.0 Å². The van der Waals surface area contributed by atoms with Crippen molar-refractivity contribution in [3.05, 3.63) is 60.2 Å². The Morgan fingerprint density at radius 2 is 1.85 bits per heavy atom. The molecule has 0 aliphatic carbocycles. The molecule has 0 saturated carbocycles. The average molecular weight is 482 g/mol. The van der Waals surface area contributed by atoms with Gasteiger partial charge in [-0.25, -0.2) is 0 Å². The lowest BCUT2D eigenvalue weighted by Crippen LogP contribution is -2.44. The number of amides is 1. The molecule has 1 unspecified atom stereocenters. The minimum absolute atomic E-state index is 0. The maximum absolute atomic E-state index is 12.0. The van der Waals surface area contributed by atoms with E-state index in [1.54, 1.807) is 7.05 Å². The molecule has 0 aliphatic heterocycles. The molecule has 6 nitrogen and oxygen atoms in total. The first-order valence-corrected chi connectivity index (χ1v) is 8.59.